The Hall–Kier alpha value is -4.14. The van der Waals surface area contributed by atoms with Gasteiger partial charge in [0.05, 0.1) is 10.6 Å². The summed E-state index contributed by atoms with van der Waals surface area (Å²) < 4.78 is 29.7. The van der Waals surface area contributed by atoms with E-state index in [0.29, 0.717) is 22.8 Å². The van der Waals surface area contributed by atoms with Crippen molar-refractivity contribution in [1.29, 1.82) is 0 Å². The number of aryl methyl sites for hydroxylation is 3. The van der Waals surface area contributed by atoms with Gasteiger partial charge in [-0.05, 0) is 73.2 Å². The van der Waals surface area contributed by atoms with Crippen molar-refractivity contribution in [3.05, 3.63) is 130 Å². The zero-order valence-electron chi connectivity index (χ0n) is 27.0. The number of amides is 2. The average molecular weight is 660 g/mol. The Labute approximate surface area is 278 Å². The normalized spacial score (nSPS) is 12.1. The Morgan fingerprint density at radius 1 is 0.826 bits per heavy atom. The first kappa shape index (κ1) is 34.7. The molecule has 0 aliphatic carbocycles. The van der Waals surface area contributed by atoms with Gasteiger partial charge in [0.2, 0.25) is 11.8 Å². The summed E-state index contributed by atoms with van der Waals surface area (Å²) in [5.74, 6) is -0.617. The molecule has 1 N–H and O–H groups in total. The van der Waals surface area contributed by atoms with Gasteiger partial charge in [0.1, 0.15) is 12.6 Å². The minimum absolute atomic E-state index is 0.0474. The number of carbonyl (C=O) groups excluding carboxylic acids is 2. The number of hydrogen-bond donors (Lipinski definition) is 1. The number of carbonyl (C=O) groups is 2. The second kappa shape index (κ2) is 15.4. The highest BCUT2D eigenvalue weighted by Crippen LogP contribution is 2.30. The van der Waals surface area contributed by atoms with E-state index in [2.05, 4.69) is 5.32 Å². The Balaban J connectivity index is 1.84. The average Bonchev–Trinajstić information content (AvgIpc) is 3.03. The minimum atomic E-state index is -4.22. The molecule has 0 aliphatic heterocycles. The Morgan fingerprint density at radius 2 is 1.48 bits per heavy atom. The topological polar surface area (TPSA) is 86.8 Å². The maximum Gasteiger partial charge on any atom is 0.264 e. The molecule has 46 heavy (non-hydrogen) atoms. The zero-order chi connectivity index (χ0) is 33.4. The van der Waals surface area contributed by atoms with E-state index in [1.807, 2.05) is 82.3 Å². The summed E-state index contributed by atoms with van der Waals surface area (Å²) in [6, 6.07) is 27.8. The first-order chi connectivity index (χ1) is 21.9. The van der Waals surface area contributed by atoms with Crippen molar-refractivity contribution < 1.29 is 18.0 Å². The molecule has 0 saturated heterocycles. The molecule has 0 aliphatic rings. The molecule has 0 radical (unpaired) electrons. The van der Waals surface area contributed by atoms with E-state index in [0.717, 1.165) is 26.6 Å². The number of hydrogen-bond acceptors (Lipinski definition) is 4. The summed E-state index contributed by atoms with van der Waals surface area (Å²) in [5.41, 5.74) is 4.52. The highest BCUT2D eigenvalue weighted by Gasteiger charge is 2.35. The number of halogens is 1. The van der Waals surface area contributed by atoms with Crippen LogP contribution in [0.25, 0.3) is 0 Å². The molecular weight excluding hydrogens is 618 g/mol. The summed E-state index contributed by atoms with van der Waals surface area (Å²) in [6.07, 6.45) is 0.253. The lowest BCUT2D eigenvalue weighted by molar-refractivity contribution is -0.140. The van der Waals surface area contributed by atoms with Gasteiger partial charge in [-0.15, -0.1) is 0 Å². The first-order valence-corrected chi connectivity index (χ1v) is 17.2. The predicted molar refractivity (Wildman–Crippen MR) is 185 cm³/mol. The molecule has 2 amide bonds. The lowest BCUT2D eigenvalue weighted by atomic mass is 10.0. The predicted octanol–water partition coefficient (Wildman–Crippen LogP) is 6.87. The first-order valence-electron chi connectivity index (χ1n) is 15.4. The Bertz CT molecular complexity index is 1760. The van der Waals surface area contributed by atoms with E-state index >= 15 is 0 Å². The van der Waals surface area contributed by atoms with Gasteiger partial charge in [-0.3, -0.25) is 13.9 Å². The number of nitrogens with one attached hydrogen (secondary N) is 1. The van der Waals surface area contributed by atoms with Crippen LogP contribution in [0.4, 0.5) is 5.69 Å². The van der Waals surface area contributed by atoms with Gasteiger partial charge in [-0.2, -0.15) is 0 Å². The third kappa shape index (κ3) is 8.77. The maximum absolute atomic E-state index is 14.7. The summed E-state index contributed by atoms with van der Waals surface area (Å²) >= 11 is 6.37. The van der Waals surface area contributed by atoms with E-state index < -0.39 is 28.5 Å². The number of nitrogens with zero attached hydrogens (tertiary/aromatic N) is 2. The van der Waals surface area contributed by atoms with Gasteiger partial charge in [0.15, 0.2) is 0 Å². The summed E-state index contributed by atoms with van der Waals surface area (Å²) in [5, 5.41) is 3.36. The van der Waals surface area contributed by atoms with Crippen LogP contribution < -0.4 is 9.62 Å². The van der Waals surface area contributed by atoms with Gasteiger partial charge < -0.3 is 10.2 Å². The van der Waals surface area contributed by atoms with E-state index in [9.17, 15) is 18.0 Å². The van der Waals surface area contributed by atoms with E-state index in [-0.39, 0.29) is 29.7 Å². The molecule has 0 heterocycles. The van der Waals surface area contributed by atoms with Crippen molar-refractivity contribution in [3.63, 3.8) is 0 Å². The van der Waals surface area contributed by atoms with Crippen molar-refractivity contribution in [3.8, 4) is 0 Å². The standard InChI is InChI=1S/C37H42ClN3O4S/c1-26(2)23-39-37(43)35(21-30-12-7-6-8-13-30)40(24-31-14-10-9-11-28(31)4)36(42)25-41(34-22-32(38)18-17-29(34)5)46(44,45)33-19-15-27(3)16-20-33/h6-20,22,26,35H,21,23-25H2,1-5H3,(H,39,43). The molecule has 0 fully saturated rings. The molecule has 0 aromatic heterocycles. The van der Waals surface area contributed by atoms with Gasteiger partial charge in [-0.1, -0.05) is 104 Å². The Morgan fingerprint density at radius 3 is 2.13 bits per heavy atom. The fourth-order valence-electron chi connectivity index (χ4n) is 5.15. The molecule has 4 aromatic rings. The molecule has 1 atom stereocenters. The fourth-order valence-corrected chi connectivity index (χ4v) is 6.79. The molecule has 0 saturated carbocycles. The van der Waals surface area contributed by atoms with Crippen LogP contribution >= 0.6 is 11.6 Å². The second-order valence-electron chi connectivity index (χ2n) is 12.0. The van der Waals surface area contributed by atoms with Crippen molar-refractivity contribution in [2.75, 3.05) is 17.4 Å². The summed E-state index contributed by atoms with van der Waals surface area (Å²) in [7, 11) is -4.22. The molecule has 1 unspecified atom stereocenters. The largest absolute Gasteiger partial charge is 0.354 e. The molecule has 0 bridgehead atoms. The van der Waals surface area contributed by atoms with Crippen molar-refractivity contribution in [1.82, 2.24) is 10.2 Å². The fraction of sp³-hybridized carbons (Fsp3) is 0.297. The SMILES string of the molecule is Cc1ccc(S(=O)(=O)N(CC(=O)N(Cc2ccccc2C)C(Cc2ccccc2)C(=O)NCC(C)C)c2cc(Cl)ccc2C)cc1. The third-order valence-corrected chi connectivity index (χ3v) is 9.89. The van der Waals surface area contributed by atoms with Crippen molar-refractivity contribution in [2.45, 2.75) is 58.5 Å². The number of rotatable bonds is 13. The van der Waals surface area contributed by atoms with Crippen molar-refractivity contribution in [2.24, 2.45) is 5.92 Å². The van der Waals surface area contributed by atoms with E-state index in [1.165, 1.54) is 17.0 Å². The molecule has 7 nitrogen and oxygen atoms in total. The third-order valence-electron chi connectivity index (χ3n) is 7.89. The van der Waals surface area contributed by atoms with Gasteiger partial charge in [0, 0.05) is 24.5 Å². The van der Waals surface area contributed by atoms with Gasteiger partial charge in [0.25, 0.3) is 10.0 Å². The van der Waals surface area contributed by atoms with E-state index in [4.69, 9.17) is 11.6 Å². The lowest BCUT2D eigenvalue weighted by Crippen LogP contribution is -2.54. The van der Waals surface area contributed by atoms with Crippen LogP contribution in [0.3, 0.4) is 0 Å². The second-order valence-corrected chi connectivity index (χ2v) is 14.3. The molecular formula is C37H42ClN3O4S. The quantitative estimate of drug-likeness (QED) is 0.170. The van der Waals surface area contributed by atoms with Crippen LogP contribution in [-0.4, -0.2) is 44.3 Å². The van der Waals surface area contributed by atoms with Crippen LogP contribution in [0.15, 0.2) is 102 Å². The summed E-state index contributed by atoms with van der Waals surface area (Å²) in [4.78, 5) is 30.1. The van der Waals surface area contributed by atoms with Gasteiger partial charge >= 0.3 is 0 Å². The molecule has 9 heteroatoms. The highest BCUT2D eigenvalue weighted by atomic mass is 35.5. The van der Waals surface area contributed by atoms with Crippen LogP contribution in [0.5, 0.6) is 0 Å². The molecule has 4 rings (SSSR count). The lowest BCUT2D eigenvalue weighted by Gasteiger charge is -2.34. The van der Waals surface area contributed by atoms with Gasteiger partial charge in [-0.25, -0.2) is 8.42 Å². The van der Waals surface area contributed by atoms with Crippen LogP contribution in [0.2, 0.25) is 5.02 Å². The Kier molecular flexibility index (Phi) is 11.7. The number of sulfonamides is 1. The van der Waals surface area contributed by atoms with Crippen LogP contribution in [0, 0.1) is 26.7 Å². The van der Waals surface area contributed by atoms with Crippen LogP contribution in [0.1, 0.15) is 41.7 Å². The molecule has 4 aromatic carbocycles. The molecule has 0 spiro atoms. The minimum Gasteiger partial charge on any atom is -0.354 e. The monoisotopic (exact) mass is 659 g/mol. The smallest absolute Gasteiger partial charge is 0.264 e. The van der Waals surface area contributed by atoms with Crippen molar-refractivity contribution >= 4 is 39.1 Å². The highest BCUT2D eigenvalue weighted by molar-refractivity contribution is 7.92. The summed E-state index contributed by atoms with van der Waals surface area (Å²) in [6.45, 7) is 9.62. The number of benzene rings is 4. The molecule has 242 valence electrons. The van der Waals surface area contributed by atoms with Crippen LogP contribution in [-0.2, 0) is 32.6 Å². The van der Waals surface area contributed by atoms with E-state index in [1.54, 1.807) is 37.3 Å². The maximum atomic E-state index is 14.7. The zero-order valence-corrected chi connectivity index (χ0v) is 28.6. The number of anilines is 1.